The number of hydrogen-bond acceptors (Lipinski definition) is 5. The van der Waals surface area contributed by atoms with Crippen LogP contribution < -0.4 is 4.74 Å². The first-order chi connectivity index (χ1) is 22.2. The van der Waals surface area contributed by atoms with Crippen molar-refractivity contribution in [2.24, 2.45) is 0 Å². The number of pyridine rings is 1. The van der Waals surface area contributed by atoms with Gasteiger partial charge in [0.2, 0.25) is 5.88 Å². The van der Waals surface area contributed by atoms with Crippen LogP contribution in [0, 0.1) is 0 Å². The maximum absolute atomic E-state index is 14.0. The molecule has 0 aliphatic heterocycles. The van der Waals surface area contributed by atoms with Gasteiger partial charge in [-0.25, -0.2) is 9.78 Å². The van der Waals surface area contributed by atoms with Gasteiger partial charge in [0, 0.05) is 28.7 Å². The lowest BCUT2D eigenvalue weighted by atomic mass is 9.96. The van der Waals surface area contributed by atoms with Crippen molar-refractivity contribution in [3.8, 4) is 17.1 Å². The largest absolute Gasteiger partial charge is 0.479 e. The number of fused-ring (bicyclic) bond motifs is 1. The van der Waals surface area contributed by atoms with E-state index < -0.39 is 23.3 Å². The lowest BCUT2D eigenvalue weighted by Gasteiger charge is -2.24. The monoisotopic (exact) mass is 628 g/mol. The molecule has 5 aromatic rings. The van der Waals surface area contributed by atoms with Crippen LogP contribution in [0.3, 0.4) is 0 Å². The summed E-state index contributed by atoms with van der Waals surface area (Å²) in [6, 6.07) is 24.5. The summed E-state index contributed by atoms with van der Waals surface area (Å²) in [5, 5.41) is 10.3. The predicted octanol–water partition coefficient (Wildman–Crippen LogP) is 7.95. The number of ketones is 1. The second kappa shape index (κ2) is 12.8. The van der Waals surface area contributed by atoms with Crippen molar-refractivity contribution in [2.45, 2.75) is 50.6 Å². The second-order valence-electron chi connectivity index (χ2n) is 11.3. The Balaban J connectivity index is 1.25. The molecule has 6 rings (SSSR count). The maximum atomic E-state index is 14.0. The molecule has 2 heterocycles. The number of aliphatic carboxylic acids is 1. The van der Waals surface area contributed by atoms with Crippen molar-refractivity contribution in [1.29, 1.82) is 0 Å². The SMILES string of the molecule is O=C(c1ccc(C(F)(F)F)cc1)c1c(-c2ccccc2)n(CCOc2ccc(COC3(C(=O)O)CCCC3)cn2)c2ccccc12. The third-order valence-corrected chi connectivity index (χ3v) is 8.40. The highest BCUT2D eigenvalue weighted by molar-refractivity contribution is 6.20. The Morgan fingerprint density at radius 3 is 2.24 bits per heavy atom. The number of nitrogens with zero attached hydrogens (tertiary/aromatic N) is 2. The van der Waals surface area contributed by atoms with Crippen LogP contribution in [0.25, 0.3) is 22.2 Å². The Labute approximate surface area is 263 Å². The molecule has 1 aliphatic carbocycles. The standard InChI is InChI=1S/C36H31F3N2O5/c37-36(38,39)27-15-13-26(14-16-27)33(42)31-28-10-4-5-11-29(28)41(32(31)25-8-2-1-3-9-25)20-21-45-30-17-12-24(22-40-30)23-46-35(34(43)44)18-6-7-19-35/h1-5,8-17,22H,6-7,18-21,23H2,(H,43,44). The summed E-state index contributed by atoms with van der Waals surface area (Å²) in [6.45, 7) is 0.682. The average Bonchev–Trinajstić information content (AvgIpc) is 3.68. The van der Waals surface area contributed by atoms with Gasteiger partial charge in [0.05, 0.1) is 30.0 Å². The third kappa shape index (κ3) is 6.25. The molecule has 0 spiro atoms. The van der Waals surface area contributed by atoms with Crippen LogP contribution in [-0.2, 0) is 28.9 Å². The van der Waals surface area contributed by atoms with Crippen LogP contribution in [0.5, 0.6) is 5.88 Å². The molecule has 1 saturated carbocycles. The molecule has 46 heavy (non-hydrogen) atoms. The number of ether oxygens (including phenoxy) is 2. The van der Waals surface area contributed by atoms with E-state index in [4.69, 9.17) is 9.47 Å². The predicted molar refractivity (Wildman–Crippen MR) is 166 cm³/mol. The lowest BCUT2D eigenvalue weighted by molar-refractivity contribution is -0.167. The number of alkyl halides is 3. The molecule has 10 heteroatoms. The number of aromatic nitrogens is 2. The summed E-state index contributed by atoms with van der Waals surface area (Å²) < 4.78 is 53.4. The molecule has 0 radical (unpaired) electrons. The first-order valence-electron chi connectivity index (χ1n) is 15.0. The van der Waals surface area contributed by atoms with E-state index in [1.54, 1.807) is 18.3 Å². The molecule has 2 aromatic heterocycles. The van der Waals surface area contributed by atoms with Gasteiger partial charge < -0.3 is 19.1 Å². The van der Waals surface area contributed by atoms with Crippen LogP contribution in [0.1, 0.15) is 52.7 Å². The Morgan fingerprint density at radius 2 is 1.59 bits per heavy atom. The van der Waals surface area contributed by atoms with Gasteiger partial charge in [-0.05, 0) is 61.1 Å². The molecule has 7 nitrogen and oxygen atoms in total. The molecule has 236 valence electrons. The molecule has 0 atom stereocenters. The van der Waals surface area contributed by atoms with Crippen molar-refractivity contribution < 1.29 is 37.3 Å². The lowest BCUT2D eigenvalue weighted by Crippen LogP contribution is -2.38. The van der Waals surface area contributed by atoms with Gasteiger partial charge >= 0.3 is 12.1 Å². The van der Waals surface area contributed by atoms with Crippen LogP contribution in [-0.4, -0.2) is 38.6 Å². The minimum atomic E-state index is -4.51. The van der Waals surface area contributed by atoms with Crippen molar-refractivity contribution in [1.82, 2.24) is 9.55 Å². The molecule has 3 aromatic carbocycles. The number of carbonyl (C=O) groups is 2. The highest BCUT2D eigenvalue weighted by atomic mass is 19.4. The molecular weight excluding hydrogens is 597 g/mol. The molecule has 0 unspecified atom stereocenters. The average molecular weight is 629 g/mol. The summed E-state index contributed by atoms with van der Waals surface area (Å²) in [7, 11) is 0. The minimum absolute atomic E-state index is 0.130. The van der Waals surface area contributed by atoms with E-state index in [9.17, 15) is 27.9 Å². The topological polar surface area (TPSA) is 90.7 Å². The second-order valence-corrected chi connectivity index (χ2v) is 11.3. The number of benzene rings is 3. The van der Waals surface area contributed by atoms with Crippen LogP contribution in [0.2, 0.25) is 0 Å². The van der Waals surface area contributed by atoms with Crippen molar-refractivity contribution in [2.75, 3.05) is 6.61 Å². The number of halogens is 3. The molecule has 0 bridgehead atoms. The number of carboxylic acid groups (broad SMARTS) is 1. The van der Waals surface area contributed by atoms with Gasteiger partial charge in [-0.15, -0.1) is 0 Å². The fourth-order valence-electron chi connectivity index (χ4n) is 6.03. The molecule has 0 amide bonds. The maximum Gasteiger partial charge on any atom is 0.416 e. The van der Waals surface area contributed by atoms with Gasteiger partial charge in [-0.1, -0.05) is 60.7 Å². The fourth-order valence-corrected chi connectivity index (χ4v) is 6.03. The Kier molecular flexibility index (Phi) is 8.64. The molecule has 1 N–H and O–H groups in total. The summed E-state index contributed by atoms with van der Waals surface area (Å²) >= 11 is 0. The van der Waals surface area contributed by atoms with Crippen molar-refractivity contribution in [3.63, 3.8) is 0 Å². The number of para-hydroxylation sites is 1. The molecule has 1 fully saturated rings. The summed E-state index contributed by atoms with van der Waals surface area (Å²) in [4.78, 5) is 30.1. The molecule has 1 aliphatic rings. The van der Waals surface area contributed by atoms with Gasteiger partial charge in [0.15, 0.2) is 11.4 Å². The van der Waals surface area contributed by atoms with E-state index in [1.165, 1.54) is 12.1 Å². The van der Waals surface area contributed by atoms with Crippen LogP contribution >= 0.6 is 0 Å². The van der Waals surface area contributed by atoms with Crippen LogP contribution in [0.15, 0.2) is 97.2 Å². The Hall–Kier alpha value is -4.96. The zero-order valence-corrected chi connectivity index (χ0v) is 24.8. The Bertz CT molecular complexity index is 1840. The van der Waals surface area contributed by atoms with Gasteiger partial charge in [0.25, 0.3) is 0 Å². The summed E-state index contributed by atoms with van der Waals surface area (Å²) in [6.07, 6.45) is -0.272. The van der Waals surface area contributed by atoms with E-state index in [1.807, 2.05) is 59.2 Å². The van der Waals surface area contributed by atoms with E-state index in [0.717, 1.165) is 41.6 Å². The van der Waals surface area contributed by atoms with E-state index in [2.05, 4.69) is 4.98 Å². The smallest absolute Gasteiger partial charge is 0.416 e. The fraction of sp³-hybridized carbons (Fsp3) is 0.250. The van der Waals surface area contributed by atoms with E-state index in [0.29, 0.717) is 41.9 Å². The van der Waals surface area contributed by atoms with E-state index in [-0.39, 0.29) is 24.6 Å². The molecular formula is C36H31F3N2O5. The minimum Gasteiger partial charge on any atom is -0.479 e. The normalized spacial score (nSPS) is 14.4. The number of carboxylic acids is 1. The van der Waals surface area contributed by atoms with Crippen molar-refractivity contribution >= 4 is 22.7 Å². The highest BCUT2D eigenvalue weighted by Gasteiger charge is 2.42. The first kappa shape index (κ1) is 31.0. The highest BCUT2D eigenvalue weighted by Crippen LogP contribution is 2.37. The zero-order chi connectivity index (χ0) is 32.3. The number of hydrogen-bond donors (Lipinski definition) is 1. The summed E-state index contributed by atoms with van der Waals surface area (Å²) in [5.74, 6) is -0.948. The van der Waals surface area contributed by atoms with Gasteiger partial charge in [-0.3, -0.25) is 4.79 Å². The summed E-state index contributed by atoms with van der Waals surface area (Å²) in [5.41, 5.74) is 1.50. The number of rotatable bonds is 11. The van der Waals surface area contributed by atoms with Gasteiger partial charge in [0.1, 0.15) is 6.61 Å². The zero-order valence-electron chi connectivity index (χ0n) is 24.8. The third-order valence-electron chi connectivity index (χ3n) is 8.40. The number of carbonyl (C=O) groups excluding carboxylic acids is 1. The Morgan fingerprint density at radius 1 is 0.891 bits per heavy atom. The van der Waals surface area contributed by atoms with Gasteiger partial charge in [-0.2, -0.15) is 13.2 Å². The molecule has 0 saturated heterocycles. The van der Waals surface area contributed by atoms with Crippen LogP contribution in [0.4, 0.5) is 13.2 Å². The van der Waals surface area contributed by atoms with E-state index >= 15 is 0 Å². The first-order valence-corrected chi connectivity index (χ1v) is 15.0. The van der Waals surface area contributed by atoms with Crippen molar-refractivity contribution in [3.05, 3.63) is 119 Å². The quantitative estimate of drug-likeness (QED) is 0.149.